The Kier molecular flexibility index (Phi) is 5.79. The fourth-order valence-electron chi connectivity index (χ4n) is 2.48. The fraction of sp³-hybridized carbons (Fsp3) is 0.923. The Hall–Kier alpha value is -0.420. The van der Waals surface area contributed by atoms with E-state index in [0.717, 1.165) is 12.8 Å². The van der Waals surface area contributed by atoms with Gasteiger partial charge in [0.2, 0.25) is 5.91 Å². The van der Waals surface area contributed by atoms with E-state index in [0.29, 0.717) is 11.7 Å². The SMILES string of the molecule is CCC(C)C1NC(C)N(C(C)CCS(C)=O)C1=O. The van der Waals surface area contributed by atoms with Crippen LogP contribution in [-0.2, 0) is 15.6 Å². The first kappa shape index (κ1) is 15.6. The van der Waals surface area contributed by atoms with Crippen molar-refractivity contribution in [3.63, 3.8) is 0 Å². The van der Waals surface area contributed by atoms with Crippen molar-refractivity contribution >= 4 is 16.7 Å². The smallest absolute Gasteiger partial charge is 0.241 e. The average Bonchev–Trinajstić information content (AvgIpc) is 2.61. The Bertz CT molecular complexity index is 322. The average molecular weight is 274 g/mol. The quantitative estimate of drug-likeness (QED) is 0.795. The molecule has 0 radical (unpaired) electrons. The summed E-state index contributed by atoms with van der Waals surface area (Å²) in [5.41, 5.74) is 0. The van der Waals surface area contributed by atoms with Gasteiger partial charge in [-0.2, -0.15) is 0 Å². The molecule has 1 heterocycles. The highest BCUT2D eigenvalue weighted by Gasteiger charge is 2.40. The number of rotatable bonds is 6. The maximum Gasteiger partial charge on any atom is 0.241 e. The van der Waals surface area contributed by atoms with E-state index >= 15 is 0 Å². The van der Waals surface area contributed by atoms with E-state index in [1.165, 1.54) is 0 Å². The highest BCUT2D eigenvalue weighted by atomic mass is 32.2. The lowest BCUT2D eigenvalue weighted by Crippen LogP contribution is -2.42. The minimum absolute atomic E-state index is 0.0560. The van der Waals surface area contributed by atoms with Gasteiger partial charge in [-0.1, -0.05) is 20.3 Å². The zero-order chi connectivity index (χ0) is 13.9. The zero-order valence-corrected chi connectivity index (χ0v) is 12.9. The molecule has 0 saturated carbocycles. The third-order valence-electron chi connectivity index (χ3n) is 3.87. The van der Waals surface area contributed by atoms with Crippen LogP contribution in [-0.4, -0.2) is 45.3 Å². The first-order valence-corrected chi connectivity index (χ1v) is 8.49. The second-order valence-corrected chi connectivity index (χ2v) is 6.92. The maximum atomic E-state index is 12.4. The third kappa shape index (κ3) is 3.54. The Balaban J connectivity index is 2.65. The molecule has 0 aliphatic carbocycles. The van der Waals surface area contributed by atoms with Crippen LogP contribution in [0.15, 0.2) is 0 Å². The lowest BCUT2D eigenvalue weighted by atomic mass is 9.99. The van der Waals surface area contributed by atoms with E-state index in [9.17, 15) is 9.00 Å². The molecule has 4 nitrogen and oxygen atoms in total. The molecule has 0 bridgehead atoms. The van der Waals surface area contributed by atoms with Crippen LogP contribution in [0.1, 0.15) is 40.5 Å². The van der Waals surface area contributed by atoms with Crippen LogP contribution in [0.25, 0.3) is 0 Å². The van der Waals surface area contributed by atoms with E-state index in [-0.39, 0.29) is 24.2 Å². The molecule has 1 fully saturated rings. The molecule has 5 heteroatoms. The van der Waals surface area contributed by atoms with Gasteiger partial charge in [0.15, 0.2) is 0 Å². The lowest BCUT2D eigenvalue weighted by Gasteiger charge is -2.28. The molecule has 1 amide bonds. The van der Waals surface area contributed by atoms with Crippen LogP contribution in [0.4, 0.5) is 0 Å². The fourth-order valence-corrected chi connectivity index (χ4v) is 3.15. The Morgan fingerprint density at radius 2 is 2.06 bits per heavy atom. The molecule has 1 N–H and O–H groups in total. The Morgan fingerprint density at radius 1 is 1.44 bits per heavy atom. The summed E-state index contributed by atoms with van der Waals surface area (Å²) in [6.07, 6.45) is 3.59. The van der Waals surface area contributed by atoms with Gasteiger partial charge in [0.25, 0.3) is 0 Å². The number of nitrogens with zero attached hydrogens (tertiary/aromatic N) is 1. The summed E-state index contributed by atoms with van der Waals surface area (Å²) in [5.74, 6) is 1.22. The van der Waals surface area contributed by atoms with E-state index in [1.807, 2.05) is 18.7 Å². The standard InChI is InChI=1S/C13H26N2O2S/c1-6-9(2)12-13(16)15(11(4)14-12)10(3)7-8-18(5)17/h9-12,14H,6-8H2,1-5H3. The Labute approximate surface area is 113 Å². The summed E-state index contributed by atoms with van der Waals surface area (Å²) in [5, 5.41) is 3.37. The van der Waals surface area contributed by atoms with Gasteiger partial charge < -0.3 is 4.90 Å². The van der Waals surface area contributed by atoms with Crippen molar-refractivity contribution in [2.24, 2.45) is 5.92 Å². The van der Waals surface area contributed by atoms with Crippen LogP contribution in [0.2, 0.25) is 0 Å². The van der Waals surface area contributed by atoms with Gasteiger partial charge >= 0.3 is 0 Å². The van der Waals surface area contributed by atoms with Crippen LogP contribution in [0.5, 0.6) is 0 Å². The highest BCUT2D eigenvalue weighted by Crippen LogP contribution is 2.22. The monoisotopic (exact) mass is 274 g/mol. The van der Waals surface area contributed by atoms with Crippen LogP contribution in [0.3, 0.4) is 0 Å². The molecule has 18 heavy (non-hydrogen) atoms. The summed E-state index contributed by atoms with van der Waals surface area (Å²) < 4.78 is 11.1. The molecule has 0 spiro atoms. The number of carbonyl (C=O) groups excluding carboxylic acids is 1. The van der Waals surface area contributed by atoms with Crippen molar-refractivity contribution in [2.45, 2.75) is 58.8 Å². The third-order valence-corrected chi connectivity index (χ3v) is 4.68. The van der Waals surface area contributed by atoms with Gasteiger partial charge in [0.1, 0.15) is 0 Å². The van der Waals surface area contributed by atoms with Crippen molar-refractivity contribution in [2.75, 3.05) is 12.0 Å². The van der Waals surface area contributed by atoms with Crippen molar-refractivity contribution < 1.29 is 9.00 Å². The second-order valence-electron chi connectivity index (χ2n) is 5.37. The van der Waals surface area contributed by atoms with Gasteiger partial charge in [0.05, 0.1) is 12.2 Å². The number of hydrogen-bond donors (Lipinski definition) is 1. The topological polar surface area (TPSA) is 49.4 Å². The zero-order valence-electron chi connectivity index (χ0n) is 12.1. The molecule has 1 saturated heterocycles. The van der Waals surface area contributed by atoms with E-state index in [4.69, 9.17) is 0 Å². The summed E-state index contributed by atoms with van der Waals surface area (Å²) in [6, 6.07) is 0.0949. The predicted molar refractivity (Wildman–Crippen MR) is 75.7 cm³/mol. The molecule has 5 atom stereocenters. The van der Waals surface area contributed by atoms with Gasteiger partial charge in [-0.05, 0) is 26.2 Å². The molecule has 0 aromatic heterocycles. The first-order valence-electron chi connectivity index (χ1n) is 6.76. The second kappa shape index (κ2) is 6.66. The normalized spacial score (nSPS) is 29.4. The highest BCUT2D eigenvalue weighted by molar-refractivity contribution is 7.84. The Morgan fingerprint density at radius 3 is 2.56 bits per heavy atom. The van der Waals surface area contributed by atoms with Gasteiger partial charge in [0, 0.05) is 28.9 Å². The van der Waals surface area contributed by atoms with E-state index in [2.05, 4.69) is 19.2 Å². The molecule has 0 aromatic carbocycles. The van der Waals surface area contributed by atoms with Crippen LogP contribution >= 0.6 is 0 Å². The number of amides is 1. The summed E-state index contributed by atoms with van der Waals surface area (Å²) in [4.78, 5) is 14.3. The van der Waals surface area contributed by atoms with Gasteiger partial charge in [-0.15, -0.1) is 0 Å². The molecule has 1 rings (SSSR count). The minimum Gasteiger partial charge on any atom is -0.323 e. The maximum absolute atomic E-state index is 12.4. The minimum atomic E-state index is -0.786. The van der Waals surface area contributed by atoms with Crippen molar-refractivity contribution in [1.82, 2.24) is 10.2 Å². The van der Waals surface area contributed by atoms with E-state index in [1.54, 1.807) is 6.26 Å². The van der Waals surface area contributed by atoms with Crippen molar-refractivity contribution in [1.29, 1.82) is 0 Å². The summed E-state index contributed by atoms with van der Waals surface area (Å²) in [7, 11) is -0.786. The van der Waals surface area contributed by atoms with Gasteiger partial charge in [-0.25, -0.2) is 0 Å². The molecule has 5 unspecified atom stereocenters. The van der Waals surface area contributed by atoms with Crippen LogP contribution < -0.4 is 5.32 Å². The largest absolute Gasteiger partial charge is 0.323 e. The van der Waals surface area contributed by atoms with Crippen LogP contribution in [0, 0.1) is 5.92 Å². The molecule has 1 aliphatic heterocycles. The number of hydrogen-bond acceptors (Lipinski definition) is 3. The van der Waals surface area contributed by atoms with Crippen molar-refractivity contribution in [3.05, 3.63) is 0 Å². The van der Waals surface area contributed by atoms with Crippen molar-refractivity contribution in [3.8, 4) is 0 Å². The summed E-state index contributed by atoms with van der Waals surface area (Å²) in [6.45, 7) is 8.29. The lowest BCUT2D eigenvalue weighted by molar-refractivity contribution is -0.132. The summed E-state index contributed by atoms with van der Waals surface area (Å²) >= 11 is 0. The number of nitrogens with one attached hydrogen (secondary N) is 1. The molecule has 0 aromatic rings. The number of carbonyl (C=O) groups is 1. The van der Waals surface area contributed by atoms with E-state index < -0.39 is 10.8 Å². The predicted octanol–water partition coefficient (Wildman–Crippen LogP) is 1.34. The molecular formula is C13H26N2O2S. The van der Waals surface area contributed by atoms with Gasteiger partial charge in [-0.3, -0.25) is 14.3 Å². The molecular weight excluding hydrogens is 248 g/mol. The first-order chi connectivity index (χ1) is 8.38. The molecule has 106 valence electrons. The molecule has 1 aliphatic rings.